The number of carbonyl (C=O) groups is 3. The molecule has 1 aliphatic heterocycles. The molecule has 5 amide bonds. The number of nitrogens with one attached hydrogen (secondary N) is 3. The van der Waals surface area contributed by atoms with Crippen LogP contribution in [0.4, 0.5) is 26.7 Å². The molecule has 1 aliphatic rings. The van der Waals surface area contributed by atoms with Gasteiger partial charge in [-0.3, -0.25) is 4.79 Å². The molecular weight excluding hydrogens is 576 g/mol. The van der Waals surface area contributed by atoms with Crippen LogP contribution in [0.2, 0.25) is 5.02 Å². The molecule has 1 aromatic heterocycles. The molecule has 0 saturated carbocycles. The zero-order chi connectivity index (χ0) is 31.3. The fourth-order valence-electron chi connectivity index (χ4n) is 4.80. The van der Waals surface area contributed by atoms with E-state index in [0.717, 1.165) is 0 Å². The zero-order valence-electron chi connectivity index (χ0n) is 25.1. The van der Waals surface area contributed by atoms with Crippen molar-refractivity contribution in [3.05, 3.63) is 64.5 Å². The van der Waals surface area contributed by atoms with Crippen LogP contribution in [0.15, 0.2) is 47.0 Å². The van der Waals surface area contributed by atoms with Crippen LogP contribution in [0.1, 0.15) is 35.7 Å². The molecule has 0 unspecified atom stereocenters. The quantitative estimate of drug-likeness (QED) is 0.347. The minimum absolute atomic E-state index is 0.104. The van der Waals surface area contributed by atoms with Gasteiger partial charge in [0.1, 0.15) is 23.7 Å². The number of fused-ring (bicyclic) bond motifs is 1. The standard InChI is InChI=1S/C30H37ClN6O6/c1-17-14-37(30(40)34-27-19(3)35-43-20(27)4)18(2)16-42-25-12-11-23(13-24(25)28(38)36(5)15-26(17)41-6)33-29(39)32-22-9-7-21(31)8-10-22/h7-13,17-18,26H,14-16H2,1-6H3,(H,34,40)(H2,32,33,39)/t17-,18+,26+/m0/s1. The maximum absolute atomic E-state index is 13.6. The summed E-state index contributed by atoms with van der Waals surface area (Å²) < 4.78 is 17.1. The Labute approximate surface area is 255 Å². The summed E-state index contributed by atoms with van der Waals surface area (Å²) in [5, 5.41) is 12.9. The Kier molecular flexibility index (Phi) is 10.1. The van der Waals surface area contributed by atoms with Crippen molar-refractivity contribution in [2.45, 2.75) is 39.8 Å². The molecule has 0 fully saturated rings. The highest BCUT2D eigenvalue weighted by atomic mass is 35.5. The molecule has 4 rings (SSSR count). The highest BCUT2D eigenvalue weighted by molar-refractivity contribution is 6.30. The molecule has 3 N–H and O–H groups in total. The number of hydrogen-bond donors (Lipinski definition) is 3. The lowest BCUT2D eigenvalue weighted by Gasteiger charge is -2.36. The minimum atomic E-state index is -0.487. The smallest absolute Gasteiger partial charge is 0.323 e. The zero-order valence-corrected chi connectivity index (χ0v) is 25.8. The molecule has 0 bridgehead atoms. The van der Waals surface area contributed by atoms with Crippen molar-refractivity contribution < 1.29 is 28.4 Å². The number of hydrogen-bond acceptors (Lipinski definition) is 7. The average molecular weight is 613 g/mol. The lowest BCUT2D eigenvalue weighted by atomic mass is 10.0. The van der Waals surface area contributed by atoms with Gasteiger partial charge in [-0.1, -0.05) is 23.7 Å². The fraction of sp³-hybridized carbons (Fsp3) is 0.400. The Balaban J connectivity index is 1.59. The normalized spacial score (nSPS) is 19.4. The Bertz CT molecular complexity index is 1440. The van der Waals surface area contributed by atoms with Gasteiger partial charge >= 0.3 is 12.1 Å². The Morgan fingerprint density at radius 3 is 2.35 bits per heavy atom. The first kappa shape index (κ1) is 31.6. The Morgan fingerprint density at radius 1 is 1.02 bits per heavy atom. The highest BCUT2D eigenvalue weighted by Gasteiger charge is 2.31. The maximum atomic E-state index is 13.6. The Morgan fingerprint density at radius 2 is 1.70 bits per heavy atom. The minimum Gasteiger partial charge on any atom is -0.491 e. The fourth-order valence-corrected chi connectivity index (χ4v) is 4.93. The predicted molar refractivity (Wildman–Crippen MR) is 164 cm³/mol. The van der Waals surface area contributed by atoms with Gasteiger partial charge in [-0.15, -0.1) is 0 Å². The van der Waals surface area contributed by atoms with Gasteiger partial charge < -0.3 is 39.7 Å². The van der Waals surface area contributed by atoms with Crippen molar-refractivity contribution in [3.63, 3.8) is 0 Å². The lowest BCUT2D eigenvalue weighted by molar-refractivity contribution is 0.0174. The van der Waals surface area contributed by atoms with E-state index in [-0.39, 0.29) is 48.7 Å². The number of rotatable bonds is 4. The van der Waals surface area contributed by atoms with E-state index in [1.807, 2.05) is 13.8 Å². The van der Waals surface area contributed by atoms with E-state index in [1.54, 1.807) is 80.3 Å². The van der Waals surface area contributed by atoms with E-state index >= 15 is 0 Å². The van der Waals surface area contributed by atoms with Gasteiger partial charge in [0, 0.05) is 49.6 Å². The van der Waals surface area contributed by atoms with Crippen LogP contribution in [-0.2, 0) is 4.74 Å². The second kappa shape index (κ2) is 13.8. The van der Waals surface area contributed by atoms with Crippen molar-refractivity contribution in [1.82, 2.24) is 15.0 Å². The van der Waals surface area contributed by atoms with Gasteiger partial charge in [-0.2, -0.15) is 0 Å². The number of ether oxygens (including phenoxy) is 2. The third-order valence-electron chi connectivity index (χ3n) is 7.33. The number of amides is 5. The summed E-state index contributed by atoms with van der Waals surface area (Å²) in [6.45, 7) is 8.04. The summed E-state index contributed by atoms with van der Waals surface area (Å²) in [4.78, 5) is 43.0. The summed E-state index contributed by atoms with van der Waals surface area (Å²) in [5.41, 5.74) is 2.31. The van der Waals surface area contributed by atoms with Gasteiger partial charge in [-0.05, 0) is 63.2 Å². The van der Waals surface area contributed by atoms with Crippen LogP contribution < -0.4 is 20.7 Å². The van der Waals surface area contributed by atoms with Crippen LogP contribution in [0, 0.1) is 19.8 Å². The van der Waals surface area contributed by atoms with Crippen LogP contribution in [0.25, 0.3) is 0 Å². The summed E-state index contributed by atoms with van der Waals surface area (Å²) in [6.07, 6.45) is -0.370. The number of halogens is 1. The molecule has 230 valence electrons. The van der Waals surface area contributed by atoms with Crippen molar-refractivity contribution in [1.29, 1.82) is 0 Å². The second-order valence-electron chi connectivity index (χ2n) is 10.7. The molecule has 0 radical (unpaired) electrons. The van der Waals surface area contributed by atoms with Gasteiger partial charge in [0.2, 0.25) is 0 Å². The van der Waals surface area contributed by atoms with E-state index in [1.165, 1.54) is 0 Å². The monoisotopic (exact) mass is 612 g/mol. The predicted octanol–water partition coefficient (Wildman–Crippen LogP) is 5.63. The largest absolute Gasteiger partial charge is 0.491 e. The molecule has 43 heavy (non-hydrogen) atoms. The molecule has 0 saturated heterocycles. The van der Waals surface area contributed by atoms with Crippen LogP contribution in [0.5, 0.6) is 5.75 Å². The Hall–Kier alpha value is -4.29. The van der Waals surface area contributed by atoms with E-state index in [2.05, 4.69) is 21.1 Å². The summed E-state index contributed by atoms with van der Waals surface area (Å²) in [7, 11) is 3.26. The van der Waals surface area contributed by atoms with E-state index in [0.29, 0.717) is 45.8 Å². The van der Waals surface area contributed by atoms with Crippen molar-refractivity contribution in [2.24, 2.45) is 5.92 Å². The van der Waals surface area contributed by atoms with Crippen LogP contribution in [0.3, 0.4) is 0 Å². The van der Waals surface area contributed by atoms with E-state index in [4.69, 9.17) is 25.6 Å². The second-order valence-corrected chi connectivity index (χ2v) is 11.1. The van der Waals surface area contributed by atoms with Crippen molar-refractivity contribution in [3.8, 4) is 5.75 Å². The summed E-state index contributed by atoms with van der Waals surface area (Å²) >= 11 is 5.92. The van der Waals surface area contributed by atoms with Crippen molar-refractivity contribution in [2.75, 3.05) is 49.8 Å². The SMILES string of the molecule is CO[C@@H]1CN(C)C(=O)c2cc(NC(=O)Nc3ccc(Cl)cc3)ccc2OC[C@@H](C)N(C(=O)Nc2c(C)noc2C)C[C@@H]1C. The summed E-state index contributed by atoms with van der Waals surface area (Å²) in [6, 6.07) is 10.3. The molecule has 0 spiro atoms. The van der Waals surface area contributed by atoms with Crippen molar-refractivity contribution >= 4 is 46.6 Å². The number of aromatic nitrogens is 1. The van der Waals surface area contributed by atoms with Gasteiger partial charge in [0.25, 0.3) is 5.91 Å². The first-order valence-electron chi connectivity index (χ1n) is 13.9. The maximum Gasteiger partial charge on any atom is 0.323 e. The van der Waals surface area contributed by atoms with E-state index in [9.17, 15) is 14.4 Å². The molecule has 0 aliphatic carbocycles. The highest BCUT2D eigenvalue weighted by Crippen LogP contribution is 2.27. The number of likely N-dealkylation sites (N-methyl/N-ethyl adjacent to an activating group) is 1. The molecule has 2 heterocycles. The van der Waals surface area contributed by atoms with Gasteiger partial charge in [-0.25, -0.2) is 9.59 Å². The average Bonchev–Trinajstić information content (AvgIpc) is 3.29. The molecule has 3 atom stereocenters. The van der Waals surface area contributed by atoms with Crippen LogP contribution >= 0.6 is 11.6 Å². The lowest BCUT2D eigenvalue weighted by Crippen LogP contribution is -2.50. The number of methoxy groups -OCH3 is 1. The first-order chi connectivity index (χ1) is 20.5. The molecule has 2 aromatic carbocycles. The molecular formula is C30H37ClN6O6. The topological polar surface area (TPSA) is 138 Å². The first-order valence-corrected chi connectivity index (χ1v) is 14.2. The number of aryl methyl sites for hydroxylation is 2. The molecule has 13 heteroatoms. The van der Waals surface area contributed by atoms with E-state index < -0.39 is 6.03 Å². The number of nitrogens with zero attached hydrogens (tertiary/aromatic N) is 3. The summed E-state index contributed by atoms with van der Waals surface area (Å²) in [5.74, 6) is 0.391. The third-order valence-corrected chi connectivity index (χ3v) is 7.58. The molecule has 12 nitrogen and oxygen atoms in total. The number of anilines is 3. The van der Waals surface area contributed by atoms with Crippen LogP contribution in [-0.4, -0.2) is 78.9 Å². The molecule has 3 aromatic rings. The number of carbonyl (C=O) groups excluding carboxylic acids is 3. The third kappa shape index (κ3) is 7.76. The number of urea groups is 2. The number of benzene rings is 2. The van der Waals surface area contributed by atoms with Gasteiger partial charge in [0.15, 0.2) is 5.76 Å². The van der Waals surface area contributed by atoms with Gasteiger partial charge in [0.05, 0.1) is 17.7 Å².